The first kappa shape index (κ1) is 13.0. The van der Waals surface area contributed by atoms with Crippen LogP contribution >= 0.6 is 11.3 Å². The zero-order chi connectivity index (χ0) is 13.0. The summed E-state index contributed by atoms with van der Waals surface area (Å²) in [5.74, 6) is -0.0660. The number of aromatic nitrogens is 1. The lowest BCUT2D eigenvalue weighted by molar-refractivity contribution is 0.385. The SMILES string of the molecule is COc1cc(C(C)NCc2nccs2)ccc1F. The van der Waals surface area contributed by atoms with Crippen molar-refractivity contribution in [1.82, 2.24) is 10.3 Å². The van der Waals surface area contributed by atoms with Gasteiger partial charge in [0.15, 0.2) is 11.6 Å². The predicted molar refractivity (Wildman–Crippen MR) is 70.3 cm³/mol. The number of hydrogen-bond acceptors (Lipinski definition) is 4. The number of benzene rings is 1. The average molecular weight is 266 g/mol. The summed E-state index contributed by atoms with van der Waals surface area (Å²) in [5.41, 5.74) is 0.991. The number of thiazole rings is 1. The van der Waals surface area contributed by atoms with Crippen molar-refractivity contribution in [3.63, 3.8) is 0 Å². The molecule has 0 aliphatic heterocycles. The fraction of sp³-hybridized carbons (Fsp3) is 0.308. The molecule has 96 valence electrons. The van der Waals surface area contributed by atoms with Gasteiger partial charge in [-0.1, -0.05) is 6.07 Å². The van der Waals surface area contributed by atoms with Gasteiger partial charge < -0.3 is 10.1 Å². The molecular weight excluding hydrogens is 251 g/mol. The van der Waals surface area contributed by atoms with E-state index in [9.17, 15) is 4.39 Å². The van der Waals surface area contributed by atoms with Gasteiger partial charge >= 0.3 is 0 Å². The highest BCUT2D eigenvalue weighted by Gasteiger charge is 2.09. The molecule has 0 amide bonds. The Bertz CT molecular complexity index is 502. The van der Waals surface area contributed by atoms with Crippen molar-refractivity contribution in [3.05, 3.63) is 46.2 Å². The molecule has 0 aliphatic carbocycles. The van der Waals surface area contributed by atoms with Gasteiger partial charge in [0, 0.05) is 24.2 Å². The normalized spacial score (nSPS) is 12.4. The van der Waals surface area contributed by atoms with Crippen molar-refractivity contribution in [2.45, 2.75) is 19.5 Å². The van der Waals surface area contributed by atoms with Gasteiger partial charge in [-0.3, -0.25) is 0 Å². The van der Waals surface area contributed by atoms with Crippen LogP contribution in [0.25, 0.3) is 0 Å². The first-order valence-electron chi connectivity index (χ1n) is 5.66. The Balaban J connectivity index is 2.02. The first-order valence-corrected chi connectivity index (χ1v) is 6.54. The molecule has 1 unspecified atom stereocenters. The molecule has 1 N–H and O–H groups in total. The third kappa shape index (κ3) is 3.05. The summed E-state index contributed by atoms with van der Waals surface area (Å²) >= 11 is 1.61. The van der Waals surface area contributed by atoms with Crippen LogP contribution in [0.3, 0.4) is 0 Å². The zero-order valence-corrected chi connectivity index (χ0v) is 11.1. The van der Waals surface area contributed by atoms with E-state index in [2.05, 4.69) is 10.3 Å². The van der Waals surface area contributed by atoms with Crippen LogP contribution in [-0.4, -0.2) is 12.1 Å². The highest BCUT2D eigenvalue weighted by Crippen LogP contribution is 2.22. The lowest BCUT2D eigenvalue weighted by Crippen LogP contribution is -2.18. The Labute approximate surface area is 110 Å². The van der Waals surface area contributed by atoms with E-state index >= 15 is 0 Å². The maximum absolute atomic E-state index is 13.3. The van der Waals surface area contributed by atoms with Crippen molar-refractivity contribution in [3.8, 4) is 5.75 Å². The van der Waals surface area contributed by atoms with E-state index in [0.717, 1.165) is 10.6 Å². The maximum Gasteiger partial charge on any atom is 0.165 e. The second-order valence-electron chi connectivity index (χ2n) is 3.92. The van der Waals surface area contributed by atoms with E-state index in [-0.39, 0.29) is 17.6 Å². The van der Waals surface area contributed by atoms with Crippen molar-refractivity contribution in [2.24, 2.45) is 0 Å². The van der Waals surface area contributed by atoms with Crippen LogP contribution in [0.2, 0.25) is 0 Å². The summed E-state index contributed by atoms with van der Waals surface area (Å²) in [6.45, 7) is 2.73. The van der Waals surface area contributed by atoms with Gasteiger partial charge in [-0.2, -0.15) is 0 Å². The second-order valence-corrected chi connectivity index (χ2v) is 4.90. The smallest absolute Gasteiger partial charge is 0.165 e. The second kappa shape index (κ2) is 5.93. The molecule has 1 aromatic carbocycles. The largest absolute Gasteiger partial charge is 0.494 e. The number of nitrogens with zero attached hydrogens (tertiary/aromatic N) is 1. The molecule has 18 heavy (non-hydrogen) atoms. The summed E-state index contributed by atoms with van der Waals surface area (Å²) < 4.78 is 18.3. The van der Waals surface area contributed by atoms with Gasteiger partial charge in [-0.15, -0.1) is 11.3 Å². The van der Waals surface area contributed by atoms with Crippen molar-refractivity contribution in [2.75, 3.05) is 7.11 Å². The van der Waals surface area contributed by atoms with Crippen molar-refractivity contribution < 1.29 is 9.13 Å². The van der Waals surface area contributed by atoms with Crippen LogP contribution in [0.15, 0.2) is 29.8 Å². The van der Waals surface area contributed by atoms with Crippen molar-refractivity contribution >= 4 is 11.3 Å². The fourth-order valence-electron chi connectivity index (χ4n) is 1.64. The number of halogens is 1. The van der Waals surface area contributed by atoms with Crippen LogP contribution in [-0.2, 0) is 6.54 Å². The Morgan fingerprint density at radius 2 is 2.33 bits per heavy atom. The Hall–Kier alpha value is -1.46. The van der Waals surface area contributed by atoms with Gasteiger partial charge in [0.05, 0.1) is 7.11 Å². The van der Waals surface area contributed by atoms with Crippen LogP contribution in [0.5, 0.6) is 5.75 Å². The molecule has 1 heterocycles. The fourth-order valence-corrected chi connectivity index (χ4v) is 2.21. The first-order chi connectivity index (χ1) is 8.70. The van der Waals surface area contributed by atoms with E-state index in [1.165, 1.54) is 13.2 Å². The molecule has 2 rings (SSSR count). The van der Waals surface area contributed by atoms with Crippen LogP contribution < -0.4 is 10.1 Å². The molecule has 0 aliphatic rings. The molecule has 0 bridgehead atoms. The Morgan fingerprint density at radius 3 is 3.00 bits per heavy atom. The number of rotatable bonds is 5. The summed E-state index contributed by atoms with van der Waals surface area (Å²) in [6, 6.07) is 5.02. The summed E-state index contributed by atoms with van der Waals surface area (Å²) in [6.07, 6.45) is 1.78. The van der Waals surface area contributed by atoms with Gasteiger partial charge in [0.2, 0.25) is 0 Å². The molecule has 0 radical (unpaired) electrons. The molecule has 0 saturated carbocycles. The highest BCUT2D eigenvalue weighted by atomic mass is 32.1. The molecule has 0 fully saturated rings. The topological polar surface area (TPSA) is 34.1 Å². The van der Waals surface area contributed by atoms with E-state index in [1.54, 1.807) is 29.7 Å². The van der Waals surface area contributed by atoms with Crippen LogP contribution in [0.1, 0.15) is 23.5 Å². The molecule has 0 spiro atoms. The highest BCUT2D eigenvalue weighted by molar-refractivity contribution is 7.09. The third-order valence-corrected chi connectivity index (χ3v) is 3.50. The molecular formula is C13H15FN2OS. The molecule has 5 heteroatoms. The average Bonchev–Trinajstić information content (AvgIpc) is 2.89. The lowest BCUT2D eigenvalue weighted by atomic mass is 10.1. The Morgan fingerprint density at radius 1 is 1.50 bits per heavy atom. The van der Waals surface area contributed by atoms with Gasteiger partial charge in [-0.05, 0) is 24.6 Å². The summed E-state index contributed by atoms with van der Waals surface area (Å²) in [4.78, 5) is 4.20. The van der Waals surface area contributed by atoms with Crippen LogP contribution in [0, 0.1) is 5.82 Å². The molecule has 3 nitrogen and oxygen atoms in total. The number of nitrogens with one attached hydrogen (secondary N) is 1. The van der Waals surface area contributed by atoms with E-state index < -0.39 is 0 Å². The lowest BCUT2D eigenvalue weighted by Gasteiger charge is -2.14. The van der Waals surface area contributed by atoms with Crippen LogP contribution in [0.4, 0.5) is 4.39 Å². The molecule has 1 aromatic heterocycles. The van der Waals surface area contributed by atoms with Gasteiger partial charge in [0.1, 0.15) is 5.01 Å². The number of hydrogen-bond donors (Lipinski definition) is 1. The standard InChI is InChI=1S/C13H15FN2OS/c1-9(16-8-13-15-5-6-18-13)10-3-4-11(14)12(7-10)17-2/h3-7,9,16H,8H2,1-2H3. The monoisotopic (exact) mass is 266 g/mol. The minimum absolute atomic E-state index is 0.114. The van der Waals surface area contributed by atoms with E-state index in [1.807, 2.05) is 12.3 Å². The zero-order valence-electron chi connectivity index (χ0n) is 10.3. The maximum atomic E-state index is 13.3. The number of ether oxygens (including phenoxy) is 1. The summed E-state index contributed by atoms with van der Waals surface area (Å²) in [7, 11) is 1.47. The predicted octanol–water partition coefficient (Wildman–Crippen LogP) is 3.14. The van der Waals surface area contributed by atoms with Gasteiger partial charge in [-0.25, -0.2) is 9.37 Å². The molecule has 0 saturated heterocycles. The third-order valence-electron chi connectivity index (χ3n) is 2.72. The number of methoxy groups -OCH3 is 1. The summed E-state index contributed by atoms with van der Waals surface area (Å²) in [5, 5.41) is 6.33. The minimum atomic E-state index is -0.339. The molecule has 2 aromatic rings. The quantitative estimate of drug-likeness (QED) is 0.902. The van der Waals surface area contributed by atoms with Gasteiger partial charge in [0.25, 0.3) is 0 Å². The minimum Gasteiger partial charge on any atom is -0.494 e. The van der Waals surface area contributed by atoms with Crippen molar-refractivity contribution in [1.29, 1.82) is 0 Å². The Kier molecular flexibility index (Phi) is 4.28. The van der Waals surface area contributed by atoms with E-state index in [0.29, 0.717) is 6.54 Å². The molecule has 1 atom stereocenters. The van der Waals surface area contributed by atoms with E-state index in [4.69, 9.17) is 4.74 Å².